The Kier molecular flexibility index (Phi) is 2.04. The van der Waals surface area contributed by atoms with E-state index in [-0.39, 0.29) is 0 Å². The first-order chi connectivity index (χ1) is 6.36. The van der Waals surface area contributed by atoms with Gasteiger partial charge in [-0.25, -0.2) is 9.97 Å². The maximum atomic E-state index is 4.15. The summed E-state index contributed by atoms with van der Waals surface area (Å²) in [5.74, 6) is 0.744. The highest BCUT2D eigenvalue weighted by Crippen LogP contribution is 2.14. The number of hydrogen-bond acceptors (Lipinski definition) is 2. The molecule has 0 aliphatic heterocycles. The van der Waals surface area contributed by atoms with E-state index in [0.717, 1.165) is 17.0 Å². The second-order valence-electron chi connectivity index (χ2n) is 2.77. The van der Waals surface area contributed by atoms with Crippen LogP contribution in [0.25, 0.3) is 11.4 Å². The van der Waals surface area contributed by atoms with E-state index in [1.807, 2.05) is 24.3 Å². The first kappa shape index (κ1) is 7.92. The molecule has 1 heterocycles. The molecule has 2 aromatic rings. The molecule has 0 fully saturated rings. The topological polar surface area (TPSA) is 25.8 Å². The van der Waals surface area contributed by atoms with Crippen LogP contribution >= 0.6 is 0 Å². The fraction of sp³-hybridized carbons (Fsp3) is 0. The van der Waals surface area contributed by atoms with Crippen LogP contribution in [0.2, 0.25) is 0 Å². The summed E-state index contributed by atoms with van der Waals surface area (Å²) in [6, 6.07) is 9.65. The highest BCUT2D eigenvalue weighted by molar-refractivity contribution is 5.55. The van der Waals surface area contributed by atoms with Crippen LogP contribution in [0.4, 0.5) is 0 Å². The normalized spacial score (nSPS) is 9.92. The molecule has 1 aromatic carbocycles. The van der Waals surface area contributed by atoms with Crippen molar-refractivity contribution in [1.82, 2.24) is 9.97 Å². The smallest absolute Gasteiger partial charge is 0.159 e. The van der Waals surface area contributed by atoms with Gasteiger partial charge >= 0.3 is 0 Å². The average molecular weight is 169 g/mol. The molecule has 2 rings (SSSR count). The number of benzene rings is 1. The second-order valence-corrected chi connectivity index (χ2v) is 2.77. The zero-order chi connectivity index (χ0) is 9.10. The van der Waals surface area contributed by atoms with Crippen molar-refractivity contribution in [2.24, 2.45) is 0 Å². The van der Waals surface area contributed by atoms with Crippen molar-refractivity contribution in [3.8, 4) is 11.4 Å². The quantitative estimate of drug-likeness (QED) is 0.654. The largest absolute Gasteiger partial charge is 0.237 e. The molecule has 0 saturated carbocycles. The first-order valence-corrected chi connectivity index (χ1v) is 4.06. The zero-order valence-corrected chi connectivity index (χ0v) is 7.14. The molecule has 0 N–H and O–H groups in total. The molecule has 1 radical (unpaired) electrons. The van der Waals surface area contributed by atoms with Gasteiger partial charge in [-0.05, 0) is 24.6 Å². The molecule has 0 saturated heterocycles. The van der Waals surface area contributed by atoms with E-state index < -0.39 is 0 Å². The molecule has 13 heavy (non-hydrogen) atoms. The van der Waals surface area contributed by atoms with Gasteiger partial charge < -0.3 is 0 Å². The molecule has 0 unspecified atom stereocenters. The molecule has 63 valence electrons. The first-order valence-electron chi connectivity index (χ1n) is 4.06. The van der Waals surface area contributed by atoms with Crippen molar-refractivity contribution in [1.29, 1.82) is 0 Å². The van der Waals surface area contributed by atoms with Crippen LogP contribution in [-0.4, -0.2) is 9.97 Å². The summed E-state index contributed by atoms with van der Waals surface area (Å²) in [6.45, 7) is 3.85. The monoisotopic (exact) mass is 169 g/mol. The van der Waals surface area contributed by atoms with Gasteiger partial charge in [0, 0.05) is 18.0 Å². The van der Waals surface area contributed by atoms with Gasteiger partial charge in [-0.1, -0.05) is 18.2 Å². The summed E-state index contributed by atoms with van der Waals surface area (Å²) in [6.07, 6.45) is 3.47. The minimum absolute atomic E-state index is 0.744. The summed E-state index contributed by atoms with van der Waals surface area (Å²) in [4.78, 5) is 8.30. The van der Waals surface area contributed by atoms with E-state index in [2.05, 4.69) is 16.9 Å². The van der Waals surface area contributed by atoms with Crippen LogP contribution in [0.1, 0.15) is 5.56 Å². The fourth-order valence-corrected chi connectivity index (χ4v) is 1.16. The number of rotatable bonds is 1. The molecule has 0 atom stereocenters. The Morgan fingerprint density at radius 3 is 2.46 bits per heavy atom. The summed E-state index contributed by atoms with van der Waals surface area (Å²) in [5.41, 5.74) is 1.98. The maximum absolute atomic E-state index is 4.15. The molecular weight excluding hydrogens is 160 g/mol. The van der Waals surface area contributed by atoms with E-state index in [4.69, 9.17) is 0 Å². The Morgan fingerprint density at radius 2 is 1.77 bits per heavy atom. The van der Waals surface area contributed by atoms with E-state index in [1.54, 1.807) is 18.5 Å². The Morgan fingerprint density at radius 1 is 1.00 bits per heavy atom. The Bertz CT molecular complexity index is 396. The van der Waals surface area contributed by atoms with Crippen molar-refractivity contribution in [2.75, 3.05) is 0 Å². The van der Waals surface area contributed by atoms with Crippen LogP contribution in [0.5, 0.6) is 0 Å². The van der Waals surface area contributed by atoms with Gasteiger partial charge in [0.2, 0.25) is 0 Å². The third-order valence-electron chi connectivity index (χ3n) is 1.75. The van der Waals surface area contributed by atoms with Crippen LogP contribution in [-0.2, 0) is 0 Å². The molecule has 0 aliphatic rings. The molecule has 0 bridgehead atoms. The van der Waals surface area contributed by atoms with Crippen molar-refractivity contribution in [3.63, 3.8) is 0 Å². The number of nitrogens with zero attached hydrogens (tertiary/aromatic N) is 2. The number of hydrogen-bond donors (Lipinski definition) is 0. The molecule has 0 aliphatic carbocycles. The van der Waals surface area contributed by atoms with Crippen LogP contribution in [0.3, 0.4) is 0 Å². The van der Waals surface area contributed by atoms with Crippen molar-refractivity contribution < 1.29 is 0 Å². The van der Waals surface area contributed by atoms with Gasteiger partial charge in [0.1, 0.15) is 0 Å². The molecule has 0 spiro atoms. The highest BCUT2D eigenvalue weighted by atomic mass is 14.8. The SMILES string of the molecule is [CH2]c1cccc(-c2ncccn2)c1. The lowest BCUT2D eigenvalue weighted by Crippen LogP contribution is -1.86. The summed E-state index contributed by atoms with van der Waals surface area (Å²) < 4.78 is 0. The zero-order valence-electron chi connectivity index (χ0n) is 7.14. The van der Waals surface area contributed by atoms with E-state index in [1.165, 1.54) is 0 Å². The minimum atomic E-state index is 0.744. The third-order valence-corrected chi connectivity index (χ3v) is 1.75. The Labute approximate surface area is 77.3 Å². The van der Waals surface area contributed by atoms with Crippen molar-refractivity contribution in [3.05, 3.63) is 55.2 Å². The Hall–Kier alpha value is -1.70. The lowest BCUT2D eigenvalue weighted by molar-refractivity contribution is 1.17. The second kappa shape index (κ2) is 3.35. The van der Waals surface area contributed by atoms with E-state index in [0.29, 0.717) is 0 Å². The van der Waals surface area contributed by atoms with Crippen LogP contribution < -0.4 is 0 Å². The summed E-state index contributed by atoms with van der Waals surface area (Å²) in [5, 5.41) is 0. The van der Waals surface area contributed by atoms with Gasteiger partial charge in [0.05, 0.1) is 0 Å². The summed E-state index contributed by atoms with van der Waals surface area (Å²) in [7, 11) is 0. The van der Waals surface area contributed by atoms with Gasteiger partial charge in [0.15, 0.2) is 5.82 Å². The van der Waals surface area contributed by atoms with E-state index >= 15 is 0 Å². The van der Waals surface area contributed by atoms with E-state index in [9.17, 15) is 0 Å². The highest BCUT2D eigenvalue weighted by Gasteiger charge is 1.97. The standard InChI is InChI=1S/C11H9N2/c1-9-4-2-5-10(8-9)11-12-6-3-7-13-11/h2-8H,1H2. The predicted molar refractivity (Wildman–Crippen MR) is 51.9 cm³/mol. The van der Waals surface area contributed by atoms with Crippen LogP contribution in [0.15, 0.2) is 42.7 Å². The maximum Gasteiger partial charge on any atom is 0.159 e. The third kappa shape index (κ3) is 1.72. The Balaban J connectivity index is 2.48. The van der Waals surface area contributed by atoms with Crippen LogP contribution in [0, 0.1) is 6.92 Å². The molecular formula is C11H9N2. The summed E-state index contributed by atoms with van der Waals surface area (Å²) >= 11 is 0. The van der Waals surface area contributed by atoms with Gasteiger partial charge in [-0.15, -0.1) is 0 Å². The molecule has 1 aromatic heterocycles. The van der Waals surface area contributed by atoms with Crippen molar-refractivity contribution in [2.45, 2.75) is 0 Å². The fourth-order valence-electron chi connectivity index (χ4n) is 1.16. The molecule has 2 heteroatoms. The predicted octanol–water partition coefficient (Wildman–Crippen LogP) is 2.33. The average Bonchev–Trinajstić information content (AvgIpc) is 2.19. The van der Waals surface area contributed by atoms with Gasteiger partial charge in [-0.3, -0.25) is 0 Å². The van der Waals surface area contributed by atoms with Crippen molar-refractivity contribution >= 4 is 0 Å². The van der Waals surface area contributed by atoms with Gasteiger partial charge in [-0.2, -0.15) is 0 Å². The number of aromatic nitrogens is 2. The lowest BCUT2D eigenvalue weighted by Gasteiger charge is -1.99. The minimum Gasteiger partial charge on any atom is -0.237 e. The van der Waals surface area contributed by atoms with Gasteiger partial charge in [0.25, 0.3) is 0 Å². The molecule has 0 amide bonds. The molecule has 2 nitrogen and oxygen atoms in total. The lowest BCUT2D eigenvalue weighted by atomic mass is 10.1.